The highest BCUT2D eigenvalue weighted by molar-refractivity contribution is 6.30. The summed E-state index contributed by atoms with van der Waals surface area (Å²) in [6.45, 7) is 2.15. The second-order valence-electron chi connectivity index (χ2n) is 4.02. The smallest absolute Gasteiger partial charge is 0.126 e. The number of rotatable bonds is 6. The van der Waals surface area contributed by atoms with Gasteiger partial charge in [-0.2, -0.15) is 0 Å². The maximum atomic E-state index is 13.4. The first-order valence-corrected chi connectivity index (χ1v) is 6.16. The number of hydrogen-bond donors (Lipinski definition) is 1. The van der Waals surface area contributed by atoms with Gasteiger partial charge in [0.25, 0.3) is 0 Å². The quantitative estimate of drug-likeness (QED) is 0.802. The lowest BCUT2D eigenvalue weighted by Gasteiger charge is -2.13. The lowest BCUT2D eigenvalue weighted by atomic mass is 10.0. The molecular formula is C13H19ClFN. The van der Waals surface area contributed by atoms with Crippen LogP contribution in [0.2, 0.25) is 5.02 Å². The van der Waals surface area contributed by atoms with Crippen LogP contribution in [0.25, 0.3) is 0 Å². The average Bonchev–Trinajstić information content (AvgIpc) is 2.29. The summed E-state index contributed by atoms with van der Waals surface area (Å²) >= 11 is 5.83. The SMILES string of the molecule is CCC(CCCc1cc(Cl)ccc1F)NC. The summed E-state index contributed by atoms with van der Waals surface area (Å²) in [5.74, 6) is -0.151. The fourth-order valence-electron chi connectivity index (χ4n) is 1.83. The fourth-order valence-corrected chi connectivity index (χ4v) is 2.02. The number of nitrogens with one attached hydrogen (secondary N) is 1. The third-order valence-corrected chi connectivity index (χ3v) is 3.14. The molecular weight excluding hydrogens is 225 g/mol. The van der Waals surface area contributed by atoms with Crippen LogP contribution in [0.1, 0.15) is 31.7 Å². The number of hydrogen-bond acceptors (Lipinski definition) is 1. The Morgan fingerprint density at radius 1 is 1.44 bits per heavy atom. The second-order valence-corrected chi connectivity index (χ2v) is 4.46. The Labute approximate surface area is 102 Å². The molecule has 0 aliphatic rings. The summed E-state index contributed by atoms with van der Waals surface area (Å²) in [6, 6.07) is 5.27. The standard InChI is InChI=1S/C13H19ClFN/c1-3-12(16-2)6-4-5-10-9-11(14)7-8-13(10)15/h7-9,12,16H,3-6H2,1-2H3. The van der Waals surface area contributed by atoms with Gasteiger partial charge in [-0.05, 0) is 56.5 Å². The van der Waals surface area contributed by atoms with Crippen LogP contribution in [0.3, 0.4) is 0 Å². The van der Waals surface area contributed by atoms with Gasteiger partial charge < -0.3 is 5.32 Å². The Balaban J connectivity index is 2.45. The van der Waals surface area contributed by atoms with Crippen LogP contribution < -0.4 is 5.32 Å². The first kappa shape index (κ1) is 13.5. The number of benzene rings is 1. The van der Waals surface area contributed by atoms with E-state index >= 15 is 0 Å². The van der Waals surface area contributed by atoms with Crippen LogP contribution >= 0.6 is 11.6 Å². The van der Waals surface area contributed by atoms with Gasteiger partial charge in [0.2, 0.25) is 0 Å². The van der Waals surface area contributed by atoms with Crippen molar-refractivity contribution in [2.75, 3.05) is 7.05 Å². The first-order chi connectivity index (χ1) is 7.67. The third-order valence-electron chi connectivity index (χ3n) is 2.91. The molecule has 0 heterocycles. The summed E-state index contributed by atoms with van der Waals surface area (Å²) in [4.78, 5) is 0. The van der Waals surface area contributed by atoms with E-state index in [0.29, 0.717) is 11.1 Å². The van der Waals surface area contributed by atoms with Gasteiger partial charge in [0, 0.05) is 11.1 Å². The van der Waals surface area contributed by atoms with Crippen molar-refractivity contribution in [3.63, 3.8) is 0 Å². The van der Waals surface area contributed by atoms with Gasteiger partial charge in [0.05, 0.1) is 0 Å². The van der Waals surface area contributed by atoms with Gasteiger partial charge in [-0.3, -0.25) is 0 Å². The molecule has 1 unspecified atom stereocenters. The van der Waals surface area contributed by atoms with Crippen molar-refractivity contribution in [2.45, 2.75) is 38.6 Å². The lowest BCUT2D eigenvalue weighted by Crippen LogP contribution is -2.24. The molecule has 0 spiro atoms. The Morgan fingerprint density at radius 3 is 2.81 bits per heavy atom. The average molecular weight is 244 g/mol. The van der Waals surface area contributed by atoms with E-state index in [1.165, 1.54) is 6.07 Å². The van der Waals surface area contributed by atoms with E-state index in [-0.39, 0.29) is 5.82 Å². The minimum absolute atomic E-state index is 0.151. The molecule has 16 heavy (non-hydrogen) atoms. The predicted molar refractivity (Wildman–Crippen MR) is 67.5 cm³/mol. The minimum atomic E-state index is -0.151. The van der Waals surface area contributed by atoms with Gasteiger partial charge in [-0.25, -0.2) is 4.39 Å². The summed E-state index contributed by atoms with van der Waals surface area (Å²) in [5.41, 5.74) is 0.721. The highest BCUT2D eigenvalue weighted by Crippen LogP contribution is 2.17. The molecule has 0 aliphatic carbocycles. The lowest BCUT2D eigenvalue weighted by molar-refractivity contribution is 0.488. The van der Waals surface area contributed by atoms with E-state index in [9.17, 15) is 4.39 Å². The third kappa shape index (κ3) is 4.11. The molecule has 90 valence electrons. The minimum Gasteiger partial charge on any atom is -0.317 e. The molecule has 0 saturated heterocycles. The maximum absolute atomic E-state index is 13.4. The summed E-state index contributed by atoms with van der Waals surface area (Å²) in [7, 11) is 1.97. The van der Waals surface area contributed by atoms with Crippen molar-refractivity contribution >= 4 is 11.6 Å². The molecule has 1 aromatic rings. The van der Waals surface area contributed by atoms with Crippen molar-refractivity contribution in [3.05, 3.63) is 34.6 Å². The van der Waals surface area contributed by atoms with Crippen molar-refractivity contribution in [2.24, 2.45) is 0 Å². The molecule has 0 aliphatic heterocycles. The largest absolute Gasteiger partial charge is 0.317 e. The van der Waals surface area contributed by atoms with Crippen LogP contribution in [-0.2, 0) is 6.42 Å². The van der Waals surface area contributed by atoms with E-state index < -0.39 is 0 Å². The molecule has 1 rings (SSSR count). The topological polar surface area (TPSA) is 12.0 Å². The van der Waals surface area contributed by atoms with E-state index in [4.69, 9.17) is 11.6 Å². The molecule has 0 saturated carbocycles. The van der Waals surface area contributed by atoms with Gasteiger partial charge in [0.15, 0.2) is 0 Å². The second kappa shape index (κ2) is 6.87. The maximum Gasteiger partial charge on any atom is 0.126 e. The monoisotopic (exact) mass is 243 g/mol. The number of aryl methyl sites for hydroxylation is 1. The highest BCUT2D eigenvalue weighted by atomic mass is 35.5. The molecule has 0 aromatic heterocycles. The van der Waals surface area contributed by atoms with Crippen molar-refractivity contribution in [1.82, 2.24) is 5.32 Å². The van der Waals surface area contributed by atoms with E-state index in [2.05, 4.69) is 12.2 Å². The molecule has 0 amide bonds. The van der Waals surface area contributed by atoms with Crippen LogP contribution in [0.15, 0.2) is 18.2 Å². The van der Waals surface area contributed by atoms with E-state index in [1.807, 2.05) is 7.05 Å². The molecule has 0 radical (unpaired) electrons. The van der Waals surface area contributed by atoms with E-state index in [0.717, 1.165) is 31.2 Å². The van der Waals surface area contributed by atoms with Gasteiger partial charge in [-0.15, -0.1) is 0 Å². The Bertz CT molecular complexity index is 324. The summed E-state index contributed by atoms with van der Waals surface area (Å²) < 4.78 is 13.4. The Kier molecular flexibility index (Phi) is 5.78. The molecule has 1 N–H and O–H groups in total. The zero-order chi connectivity index (χ0) is 12.0. The van der Waals surface area contributed by atoms with Crippen LogP contribution in [-0.4, -0.2) is 13.1 Å². The highest BCUT2D eigenvalue weighted by Gasteiger charge is 2.06. The summed E-state index contributed by atoms with van der Waals surface area (Å²) in [5, 5.41) is 3.85. The van der Waals surface area contributed by atoms with Crippen molar-refractivity contribution in [3.8, 4) is 0 Å². The molecule has 0 fully saturated rings. The van der Waals surface area contributed by atoms with Crippen molar-refractivity contribution < 1.29 is 4.39 Å². The zero-order valence-electron chi connectivity index (χ0n) is 9.89. The van der Waals surface area contributed by atoms with Crippen LogP contribution in [0.5, 0.6) is 0 Å². The zero-order valence-corrected chi connectivity index (χ0v) is 10.6. The van der Waals surface area contributed by atoms with Crippen molar-refractivity contribution in [1.29, 1.82) is 0 Å². The fraction of sp³-hybridized carbons (Fsp3) is 0.538. The number of halogens is 2. The first-order valence-electron chi connectivity index (χ1n) is 5.78. The molecule has 1 nitrogen and oxygen atoms in total. The van der Waals surface area contributed by atoms with Crippen LogP contribution in [0, 0.1) is 5.82 Å². The predicted octanol–water partition coefficient (Wildman–Crippen LogP) is 3.80. The molecule has 0 bridgehead atoms. The Morgan fingerprint density at radius 2 is 2.19 bits per heavy atom. The normalized spacial score (nSPS) is 12.8. The molecule has 1 aromatic carbocycles. The van der Waals surface area contributed by atoms with Crippen LogP contribution in [0.4, 0.5) is 4.39 Å². The van der Waals surface area contributed by atoms with E-state index in [1.54, 1.807) is 12.1 Å². The van der Waals surface area contributed by atoms with Gasteiger partial charge in [-0.1, -0.05) is 18.5 Å². The van der Waals surface area contributed by atoms with Gasteiger partial charge in [0.1, 0.15) is 5.82 Å². The molecule has 1 atom stereocenters. The summed E-state index contributed by atoms with van der Waals surface area (Å²) in [6.07, 6.45) is 3.91. The molecule has 3 heteroatoms. The Hall–Kier alpha value is -0.600. The van der Waals surface area contributed by atoms with Gasteiger partial charge >= 0.3 is 0 Å².